The van der Waals surface area contributed by atoms with Crippen LogP contribution in [0.15, 0.2) is 17.3 Å². The van der Waals surface area contributed by atoms with Crippen molar-refractivity contribution in [1.82, 2.24) is 10.7 Å². The van der Waals surface area contributed by atoms with Gasteiger partial charge >= 0.3 is 6.18 Å². The van der Waals surface area contributed by atoms with E-state index in [1.165, 1.54) is 0 Å². The van der Waals surface area contributed by atoms with Gasteiger partial charge in [0.1, 0.15) is 6.17 Å². The number of halogens is 3. The number of nitrogens with one attached hydrogen (secondary N) is 2. The van der Waals surface area contributed by atoms with Gasteiger partial charge in [0.25, 0.3) is 0 Å². The summed E-state index contributed by atoms with van der Waals surface area (Å²) in [4.78, 5) is 0. The van der Waals surface area contributed by atoms with Crippen molar-refractivity contribution in [2.45, 2.75) is 19.3 Å². The van der Waals surface area contributed by atoms with Gasteiger partial charge in [0, 0.05) is 0 Å². The second-order valence-electron chi connectivity index (χ2n) is 2.51. The Hall–Kier alpha value is -1.20. The van der Waals surface area contributed by atoms with Crippen molar-refractivity contribution in [2.75, 3.05) is 0 Å². The van der Waals surface area contributed by atoms with E-state index < -0.39 is 18.2 Å². The second kappa shape index (κ2) is 2.69. The molecule has 0 radical (unpaired) electrons. The van der Waals surface area contributed by atoms with E-state index in [0.717, 1.165) is 0 Å². The number of hydrazone groups is 1. The Balaban J connectivity index is 2.61. The largest absolute Gasteiger partial charge is 0.451 e. The van der Waals surface area contributed by atoms with Crippen LogP contribution in [-0.4, -0.2) is 18.2 Å². The van der Waals surface area contributed by atoms with Gasteiger partial charge < -0.3 is 5.32 Å². The SMILES string of the molecule is C=C(C)[C@@H]1NN=C(C(F)(F)F)N1. The molecule has 1 atom stereocenters. The molecule has 1 aliphatic heterocycles. The predicted molar refractivity (Wildman–Crippen MR) is 38.4 cm³/mol. The number of rotatable bonds is 1. The molecule has 1 rings (SSSR count). The molecule has 0 saturated carbocycles. The summed E-state index contributed by atoms with van der Waals surface area (Å²) < 4.78 is 35.8. The van der Waals surface area contributed by atoms with Crippen LogP contribution < -0.4 is 10.7 Å². The first-order chi connectivity index (χ1) is 5.41. The zero-order chi connectivity index (χ0) is 9.35. The van der Waals surface area contributed by atoms with E-state index in [-0.39, 0.29) is 0 Å². The van der Waals surface area contributed by atoms with E-state index >= 15 is 0 Å². The highest BCUT2D eigenvalue weighted by Gasteiger charge is 2.40. The van der Waals surface area contributed by atoms with Gasteiger partial charge in [0.05, 0.1) is 0 Å². The molecule has 3 nitrogen and oxygen atoms in total. The molecule has 1 heterocycles. The van der Waals surface area contributed by atoms with Crippen molar-refractivity contribution in [1.29, 1.82) is 0 Å². The van der Waals surface area contributed by atoms with Crippen LogP contribution in [0.4, 0.5) is 13.2 Å². The summed E-state index contributed by atoms with van der Waals surface area (Å²) in [6.45, 7) is 5.10. The number of hydrogen-bond acceptors (Lipinski definition) is 3. The molecule has 0 saturated heterocycles. The van der Waals surface area contributed by atoms with Crippen LogP contribution in [0.2, 0.25) is 0 Å². The third kappa shape index (κ3) is 1.69. The van der Waals surface area contributed by atoms with Crippen molar-refractivity contribution >= 4 is 5.84 Å². The lowest BCUT2D eigenvalue weighted by atomic mass is 10.3. The molecule has 0 aromatic heterocycles. The van der Waals surface area contributed by atoms with Crippen LogP contribution in [-0.2, 0) is 0 Å². The fourth-order valence-corrected chi connectivity index (χ4v) is 0.709. The monoisotopic (exact) mass is 179 g/mol. The number of alkyl halides is 3. The van der Waals surface area contributed by atoms with Gasteiger partial charge in [-0.3, -0.25) is 5.43 Å². The first-order valence-corrected chi connectivity index (χ1v) is 3.23. The number of amidine groups is 1. The average Bonchev–Trinajstić information content (AvgIpc) is 2.30. The van der Waals surface area contributed by atoms with Crippen LogP contribution in [0, 0.1) is 0 Å². The van der Waals surface area contributed by atoms with Gasteiger partial charge in [-0.1, -0.05) is 6.58 Å². The van der Waals surface area contributed by atoms with Crippen LogP contribution in [0.3, 0.4) is 0 Å². The van der Waals surface area contributed by atoms with Crippen molar-refractivity contribution in [3.63, 3.8) is 0 Å². The highest BCUT2D eigenvalue weighted by molar-refractivity contribution is 5.88. The van der Waals surface area contributed by atoms with E-state index in [9.17, 15) is 13.2 Å². The lowest BCUT2D eigenvalue weighted by molar-refractivity contribution is -0.0612. The molecule has 0 unspecified atom stereocenters. The highest BCUT2D eigenvalue weighted by Crippen LogP contribution is 2.18. The molecule has 0 amide bonds. The normalized spacial score (nSPS) is 22.7. The zero-order valence-corrected chi connectivity index (χ0v) is 6.37. The third-order valence-corrected chi connectivity index (χ3v) is 1.35. The highest BCUT2D eigenvalue weighted by atomic mass is 19.4. The van der Waals surface area contributed by atoms with E-state index in [0.29, 0.717) is 5.57 Å². The molecule has 0 fully saturated rings. The summed E-state index contributed by atoms with van der Waals surface area (Å²) in [5.41, 5.74) is 2.82. The molecule has 0 bridgehead atoms. The van der Waals surface area contributed by atoms with Crippen molar-refractivity contribution in [2.24, 2.45) is 5.10 Å². The van der Waals surface area contributed by atoms with Crippen LogP contribution in [0.5, 0.6) is 0 Å². The van der Waals surface area contributed by atoms with Gasteiger partial charge in [0.15, 0.2) is 0 Å². The molecule has 0 spiro atoms. The van der Waals surface area contributed by atoms with Crippen molar-refractivity contribution < 1.29 is 13.2 Å². The van der Waals surface area contributed by atoms with Crippen molar-refractivity contribution in [3.8, 4) is 0 Å². The Labute approximate surface area is 67.3 Å². The molecule has 68 valence electrons. The summed E-state index contributed by atoms with van der Waals surface area (Å²) >= 11 is 0. The van der Waals surface area contributed by atoms with Crippen LogP contribution in [0.25, 0.3) is 0 Å². The summed E-state index contributed by atoms with van der Waals surface area (Å²) in [5.74, 6) is -1.00. The Kier molecular flexibility index (Phi) is 1.99. The average molecular weight is 179 g/mol. The number of hydrogen-bond donors (Lipinski definition) is 2. The quantitative estimate of drug-likeness (QED) is 0.588. The minimum Gasteiger partial charge on any atom is -0.340 e. The number of nitrogens with zero attached hydrogens (tertiary/aromatic N) is 1. The van der Waals surface area contributed by atoms with Gasteiger partial charge in [-0.05, 0) is 12.5 Å². The molecular weight excluding hydrogens is 171 g/mol. The van der Waals surface area contributed by atoms with E-state index in [2.05, 4.69) is 22.4 Å². The van der Waals surface area contributed by atoms with Gasteiger partial charge in [0.2, 0.25) is 5.84 Å². The first kappa shape index (κ1) is 8.89. The molecular formula is C6H8F3N3. The molecule has 2 N–H and O–H groups in total. The van der Waals surface area contributed by atoms with Gasteiger partial charge in [-0.2, -0.15) is 18.3 Å². The second-order valence-corrected chi connectivity index (χ2v) is 2.51. The smallest absolute Gasteiger partial charge is 0.340 e. The van der Waals surface area contributed by atoms with Gasteiger partial charge in [-0.15, -0.1) is 0 Å². The summed E-state index contributed by atoms with van der Waals surface area (Å²) in [6.07, 6.45) is -5.03. The Morgan fingerprint density at radius 2 is 2.17 bits per heavy atom. The standard InChI is InChI=1S/C6H8F3N3/c1-3(2)4-10-5(12-11-4)6(7,8)9/h4,11H,1H2,2H3,(H,10,12)/t4-/m0/s1. The van der Waals surface area contributed by atoms with Crippen LogP contribution >= 0.6 is 0 Å². The fraction of sp³-hybridized carbons (Fsp3) is 0.500. The first-order valence-electron chi connectivity index (χ1n) is 3.23. The minimum atomic E-state index is -4.42. The summed E-state index contributed by atoms with van der Waals surface area (Å²) in [6, 6.07) is 0. The fourth-order valence-electron chi connectivity index (χ4n) is 0.709. The molecule has 12 heavy (non-hydrogen) atoms. The maximum Gasteiger partial charge on any atom is 0.451 e. The lowest BCUT2D eigenvalue weighted by Gasteiger charge is -2.11. The van der Waals surface area contributed by atoms with E-state index in [1.807, 2.05) is 0 Å². The Morgan fingerprint density at radius 3 is 2.42 bits per heavy atom. The Bertz CT molecular complexity index is 231. The summed E-state index contributed by atoms with van der Waals surface area (Å²) in [5, 5.41) is 5.22. The predicted octanol–water partition coefficient (Wildman–Crippen LogP) is 0.957. The van der Waals surface area contributed by atoms with Gasteiger partial charge in [-0.25, -0.2) is 0 Å². The maximum atomic E-state index is 11.9. The lowest BCUT2D eigenvalue weighted by Crippen LogP contribution is -2.41. The molecule has 0 aromatic rings. The van der Waals surface area contributed by atoms with E-state index in [4.69, 9.17) is 0 Å². The Morgan fingerprint density at radius 1 is 1.58 bits per heavy atom. The minimum absolute atomic E-state index is 0.554. The third-order valence-electron chi connectivity index (χ3n) is 1.35. The zero-order valence-electron chi connectivity index (χ0n) is 6.37. The molecule has 6 heteroatoms. The van der Waals surface area contributed by atoms with Crippen LogP contribution in [0.1, 0.15) is 6.92 Å². The topological polar surface area (TPSA) is 36.4 Å². The summed E-state index contributed by atoms with van der Waals surface area (Å²) in [7, 11) is 0. The molecule has 0 aromatic carbocycles. The van der Waals surface area contributed by atoms with Crippen molar-refractivity contribution in [3.05, 3.63) is 12.2 Å². The van der Waals surface area contributed by atoms with E-state index in [1.54, 1.807) is 6.92 Å². The molecule has 0 aliphatic carbocycles. The maximum absolute atomic E-state index is 11.9. The molecule has 1 aliphatic rings.